The Morgan fingerprint density at radius 3 is 2.65 bits per heavy atom. The molecule has 20 heavy (non-hydrogen) atoms. The number of carbonyl (C=O) groups is 2. The Morgan fingerprint density at radius 1 is 1.15 bits per heavy atom. The van der Waals surface area contributed by atoms with Gasteiger partial charge in [-0.05, 0) is 44.1 Å². The largest absolute Gasteiger partial charge is 0.356 e. The number of hydrogen-bond donors (Lipinski definition) is 3. The highest BCUT2D eigenvalue weighted by atomic mass is 16.2. The van der Waals surface area contributed by atoms with Crippen LogP contribution in [0.5, 0.6) is 0 Å². The van der Waals surface area contributed by atoms with Gasteiger partial charge < -0.3 is 16.0 Å². The predicted octanol–water partition coefficient (Wildman–Crippen LogP) is 0.705. The first-order valence-corrected chi connectivity index (χ1v) is 6.89. The zero-order valence-electron chi connectivity index (χ0n) is 12.2. The number of amides is 2. The Balaban J connectivity index is 2.35. The summed E-state index contributed by atoms with van der Waals surface area (Å²) in [4.78, 5) is 23.0. The molecular weight excluding hydrogens is 254 g/mol. The Morgan fingerprint density at radius 2 is 1.95 bits per heavy atom. The fourth-order valence-electron chi connectivity index (χ4n) is 1.87. The molecule has 5 heteroatoms. The van der Waals surface area contributed by atoms with Crippen LogP contribution in [0.15, 0.2) is 24.3 Å². The standard InChI is InChI=1S/C15H23N3O2/c1-16-9-4-7-14(19)18-10-8-12-5-3-6-13(11-12)15(20)17-2/h3,5-6,11,16H,4,7-10H2,1-2H3,(H,17,20)(H,18,19). The van der Waals surface area contributed by atoms with Gasteiger partial charge in [0.2, 0.25) is 5.91 Å². The number of rotatable bonds is 8. The first-order chi connectivity index (χ1) is 9.67. The molecule has 1 aromatic rings. The number of nitrogens with one attached hydrogen (secondary N) is 3. The minimum atomic E-state index is -0.0945. The van der Waals surface area contributed by atoms with E-state index in [9.17, 15) is 9.59 Å². The summed E-state index contributed by atoms with van der Waals surface area (Å²) < 4.78 is 0. The molecule has 0 saturated carbocycles. The van der Waals surface area contributed by atoms with Crippen molar-refractivity contribution in [1.29, 1.82) is 0 Å². The second-order valence-corrected chi connectivity index (χ2v) is 4.59. The van der Waals surface area contributed by atoms with Crippen molar-refractivity contribution in [1.82, 2.24) is 16.0 Å². The van der Waals surface area contributed by atoms with Gasteiger partial charge in [0.15, 0.2) is 0 Å². The average Bonchev–Trinajstić information content (AvgIpc) is 2.47. The van der Waals surface area contributed by atoms with E-state index in [1.54, 1.807) is 13.1 Å². The van der Waals surface area contributed by atoms with Crippen molar-refractivity contribution in [3.8, 4) is 0 Å². The van der Waals surface area contributed by atoms with E-state index in [1.165, 1.54) is 0 Å². The fourth-order valence-corrected chi connectivity index (χ4v) is 1.87. The number of benzene rings is 1. The van der Waals surface area contributed by atoms with Crippen LogP contribution in [0.3, 0.4) is 0 Å². The van der Waals surface area contributed by atoms with Gasteiger partial charge in [-0.2, -0.15) is 0 Å². The summed E-state index contributed by atoms with van der Waals surface area (Å²) in [6.07, 6.45) is 2.11. The molecule has 1 aromatic carbocycles. The van der Waals surface area contributed by atoms with Gasteiger partial charge in [-0.1, -0.05) is 12.1 Å². The van der Waals surface area contributed by atoms with E-state index < -0.39 is 0 Å². The molecule has 3 N–H and O–H groups in total. The summed E-state index contributed by atoms with van der Waals surface area (Å²) in [5.74, 6) is -0.0225. The van der Waals surface area contributed by atoms with Gasteiger partial charge in [-0.25, -0.2) is 0 Å². The molecule has 0 spiro atoms. The smallest absolute Gasteiger partial charge is 0.251 e. The molecule has 0 saturated heterocycles. The van der Waals surface area contributed by atoms with E-state index in [4.69, 9.17) is 0 Å². The first kappa shape index (κ1) is 16.2. The monoisotopic (exact) mass is 277 g/mol. The fraction of sp³-hybridized carbons (Fsp3) is 0.467. The second kappa shape index (κ2) is 9.09. The first-order valence-electron chi connectivity index (χ1n) is 6.89. The van der Waals surface area contributed by atoms with Crippen LogP contribution in [0, 0.1) is 0 Å². The number of carbonyl (C=O) groups excluding carboxylic acids is 2. The molecule has 0 aromatic heterocycles. The minimum absolute atomic E-state index is 0.0719. The highest BCUT2D eigenvalue weighted by Gasteiger charge is 2.04. The highest BCUT2D eigenvalue weighted by molar-refractivity contribution is 5.94. The van der Waals surface area contributed by atoms with Crippen molar-refractivity contribution in [3.63, 3.8) is 0 Å². The lowest BCUT2D eigenvalue weighted by atomic mass is 10.1. The molecule has 0 radical (unpaired) electrons. The number of hydrogen-bond acceptors (Lipinski definition) is 3. The molecular formula is C15H23N3O2. The molecule has 110 valence electrons. The van der Waals surface area contributed by atoms with Crippen molar-refractivity contribution in [3.05, 3.63) is 35.4 Å². The van der Waals surface area contributed by atoms with Crippen LogP contribution >= 0.6 is 0 Å². The quantitative estimate of drug-likeness (QED) is 0.613. The van der Waals surface area contributed by atoms with Crippen LogP contribution in [0.25, 0.3) is 0 Å². The van der Waals surface area contributed by atoms with Crippen molar-refractivity contribution >= 4 is 11.8 Å². The van der Waals surface area contributed by atoms with E-state index in [2.05, 4.69) is 16.0 Å². The van der Waals surface area contributed by atoms with Crippen LogP contribution < -0.4 is 16.0 Å². The molecule has 0 aliphatic carbocycles. The summed E-state index contributed by atoms with van der Waals surface area (Å²) in [6.45, 7) is 1.44. The normalized spacial score (nSPS) is 10.1. The highest BCUT2D eigenvalue weighted by Crippen LogP contribution is 2.05. The summed E-state index contributed by atoms with van der Waals surface area (Å²) >= 11 is 0. The zero-order valence-corrected chi connectivity index (χ0v) is 12.2. The molecule has 0 heterocycles. The molecule has 1 rings (SSSR count). The third-order valence-electron chi connectivity index (χ3n) is 2.98. The molecule has 0 fully saturated rings. The maximum absolute atomic E-state index is 11.5. The average molecular weight is 277 g/mol. The summed E-state index contributed by atoms with van der Waals surface area (Å²) in [5, 5.41) is 8.49. The predicted molar refractivity (Wildman–Crippen MR) is 79.7 cm³/mol. The molecule has 0 aliphatic heterocycles. The van der Waals surface area contributed by atoms with E-state index in [-0.39, 0.29) is 11.8 Å². The van der Waals surface area contributed by atoms with Crippen LogP contribution in [-0.4, -0.2) is 39.0 Å². The van der Waals surface area contributed by atoms with E-state index >= 15 is 0 Å². The van der Waals surface area contributed by atoms with Gasteiger partial charge in [0.25, 0.3) is 5.91 Å². The lowest BCUT2D eigenvalue weighted by Crippen LogP contribution is -2.26. The van der Waals surface area contributed by atoms with Gasteiger partial charge in [0.1, 0.15) is 0 Å². The summed E-state index contributed by atoms with van der Waals surface area (Å²) in [7, 11) is 3.48. The lowest BCUT2D eigenvalue weighted by Gasteiger charge is -2.07. The van der Waals surface area contributed by atoms with Gasteiger partial charge in [0, 0.05) is 25.6 Å². The molecule has 2 amide bonds. The Kier molecular flexibility index (Phi) is 7.35. The SMILES string of the molecule is CNCCCC(=O)NCCc1cccc(C(=O)NC)c1. The molecule has 0 atom stereocenters. The molecule has 0 aliphatic rings. The van der Waals surface area contributed by atoms with Gasteiger partial charge in [-0.15, -0.1) is 0 Å². The van der Waals surface area contributed by atoms with Crippen molar-refractivity contribution in [2.75, 3.05) is 27.2 Å². The maximum atomic E-state index is 11.5. The van der Waals surface area contributed by atoms with Crippen molar-refractivity contribution < 1.29 is 9.59 Å². The second-order valence-electron chi connectivity index (χ2n) is 4.59. The third-order valence-corrected chi connectivity index (χ3v) is 2.98. The Bertz CT molecular complexity index is 446. The van der Waals surface area contributed by atoms with Gasteiger partial charge in [0.05, 0.1) is 0 Å². The van der Waals surface area contributed by atoms with Gasteiger partial charge in [-0.3, -0.25) is 9.59 Å². The van der Waals surface area contributed by atoms with Gasteiger partial charge >= 0.3 is 0 Å². The van der Waals surface area contributed by atoms with Crippen LogP contribution in [-0.2, 0) is 11.2 Å². The molecule has 0 bridgehead atoms. The molecule has 5 nitrogen and oxygen atoms in total. The third kappa shape index (κ3) is 5.84. The maximum Gasteiger partial charge on any atom is 0.251 e. The van der Waals surface area contributed by atoms with E-state index in [0.717, 1.165) is 24.9 Å². The lowest BCUT2D eigenvalue weighted by molar-refractivity contribution is -0.121. The Labute approximate surface area is 120 Å². The minimum Gasteiger partial charge on any atom is -0.356 e. The molecule has 0 unspecified atom stereocenters. The topological polar surface area (TPSA) is 70.2 Å². The Hall–Kier alpha value is -1.88. The van der Waals surface area contributed by atoms with Crippen molar-refractivity contribution in [2.24, 2.45) is 0 Å². The zero-order chi connectivity index (χ0) is 14.8. The van der Waals surface area contributed by atoms with Crippen LogP contribution in [0.4, 0.5) is 0 Å². The van der Waals surface area contributed by atoms with Crippen molar-refractivity contribution in [2.45, 2.75) is 19.3 Å². The van der Waals surface area contributed by atoms with Crippen LogP contribution in [0.2, 0.25) is 0 Å². The van der Waals surface area contributed by atoms with Crippen LogP contribution in [0.1, 0.15) is 28.8 Å². The summed E-state index contributed by atoms with van der Waals surface area (Å²) in [6, 6.07) is 7.44. The van der Waals surface area contributed by atoms with E-state index in [1.807, 2.05) is 25.2 Å². The summed E-state index contributed by atoms with van der Waals surface area (Å²) in [5.41, 5.74) is 1.69. The van der Waals surface area contributed by atoms with E-state index in [0.29, 0.717) is 18.5 Å².